The van der Waals surface area contributed by atoms with Crippen LogP contribution in [0.15, 0.2) is 34.2 Å². The van der Waals surface area contributed by atoms with E-state index in [0.29, 0.717) is 5.56 Å². The molecule has 1 aliphatic heterocycles. The van der Waals surface area contributed by atoms with Crippen molar-refractivity contribution < 1.29 is 18.3 Å². The van der Waals surface area contributed by atoms with Crippen LogP contribution in [0, 0.1) is 5.41 Å². The SMILES string of the molecule is CC(C)(CN=C1NS(=O)(=O)c2ccccc21)C(=O)O. The highest BCUT2D eigenvalue weighted by Crippen LogP contribution is 2.23. The van der Waals surface area contributed by atoms with Crippen LogP contribution in [-0.4, -0.2) is 31.9 Å². The van der Waals surface area contributed by atoms with Crippen LogP contribution in [0.3, 0.4) is 0 Å². The number of nitrogens with zero attached hydrogens (tertiary/aromatic N) is 1. The van der Waals surface area contributed by atoms with Crippen LogP contribution >= 0.6 is 0 Å². The predicted octanol–water partition coefficient (Wildman–Crippen LogP) is 0.836. The Hall–Kier alpha value is -1.89. The lowest BCUT2D eigenvalue weighted by Gasteiger charge is -2.16. The second-order valence-electron chi connectivity index (χ2n) is 4.96. The van der Waals surface area contributed by atoms with E-state index >= 15 is 0 Å². The van der Waals surface area contributed by atoms with Crippen molar-refractivity contribution in [3.63, 3.8) is 0 Å². The average Bonchev–Trinajstić information content (AvgIpc) is 2.59. The van der Waals surface area contributed by atoms with Crippen LogP contribution in [-0.2, 0) is 14.8 Å². The molecule has 19 heavy (non-hydrogen) atoms. The Balaban J connectivity index is 2.37. The maximum Gasteiger partial charge on any atom is 0.310 e. The van der Waals surface area contributed by atoms with Gasteiger partial charge in [-0.2, -0.15) is 0 Å². The van der Waals surface area contributed by atoms with E-state index in [9.17, 15) is 13.2 Å². The minimum atomic E-state index is -3.57. The zero-order chi connectivity index (χ0) is 14.3. The third-order valence-corrected chi connectivity index (χ3v) is 4.27. The number of carboxylic acids is 1. The highest BCUT2D eigenvalue weighted by Gasteiger charge is 2.32. The van der Waals surface area contributed by atoms with E-state index in [0.717, 1.165) is 0 Å². The van der Waals surface area contributed by atoms with E-state index in [1.165, 1.54) is 19.9 Å². The first-order valence-corrected chi connectivity index (χ1v) is 7.12. The molecular weight excluding hydrogens is 268 g/mol. The fourth-order valence-corrected chi connectivity index (χ4v) is 2.85. The third kappa shape index (κ3) is 2.46. The van der Waals surface area contributed by atoms with Gasteiger partial charge in [-0.3, -0.25) is 14.5 Å². The van der Waals surface area contributed by atoms with Gasteiger partial charge in [0.15, 0.2) is 0 Å². The van der Waals surface area contributed by atoms with Crippen molar-refractivity contribution in [1.82, 2.24) is 4.72 Å². The molecule has 0 atom stereocenters. The number of carbonyl (C=O) groups is 1. The molecule has 2 N–H and O–H groups in total. The lowest BCUT2D eigenvalue weighted by atomic mass is 9.94. The molecule has 0 aromatic heterocycles. The smallest absolute Gasteiger partial charge is 0.310 e. The molecule has 1 aliphatic rings. The highest BCUT2D eigenvalue weighted by atomic mass is 32.2. The molecule has 0 spiro atoms. The maximum atomic E-state index is 11.8. The number of fused-ring (bicyclic) bond motifs is 1. The Morgan fingerprint density at radius 2 is 2.00 bits per heavy atom. The van der Waals surface area contributed by atoms with E-state index in [1.807, 2.05) is 0 Å². The third-order valence-electron chi connectivity index (χ3n) is 2.87. The lowest BCUT2D eigenvalue weighted by Crippen LogP contribution is -2.29. The largest absolute Gasteiger partial charge is 0.481 e. The molecule has 7 heteroatoms. The molecule has 0 saturated heterocycles. The molecule has 1 aromatic rings. The zero-order valence-electron chi connectivity index (χ0n) is 10.5. The number of hydrogen-bond donors (Lipinski definition) is 2. The molecule has 2 rings (SSSR count). The zero-order valence-corrected chi connectivity index (χ0v) is 11.4. The molecule has 0 saturated carbocycles. The fourth-order valence-electron chi connectivity index (χ4n) is 1.60. The second-order valence-corrected chi connectivity index (χ2v) is 6.61. The van der Waals surface area contributed by atoms with Crippen LogP contribution in [0.1, 0.15) is 19.4 Å². The van der Waals surface area contributed by atoms with Crippen LogP contribution < -0.4 is 4.72 Å². The van der Waals surface area contributed by atoms with E-state index < -0.39 is 21.4 Å². The number of hydrogen-bond acceptors (Lipinski definition) is 4. The molecule has 0 fully saturated rings. The van der Waals surface area contributed by atoms with Gasteiger partial charge in [0.05, 0.1) is 16.9 Å². The van der Waals surface area contributed by atoms with Crippen LogP contribution in [0.25, 0.3) is 0 Å². The molecule has 102 valence electrons. The van der Waals surface area contributed by atoms with Gasteiger partial charge < -0.3 is 5.11 Å². The highest BCUT2D eigenvalue weighted by molar-refractivity contribution is 7.90. The van der Waals surface area contributed by atoms with Crippen molar-refractivity contribution in [2.75, 3.05) is 6.54 Å². The Bertz CT molecular complexity index is 662. The van der Waals surface area contributed by atoms with Gasteiger partial charge in [-0.15, -0.1) is 0 Å². The monoisotopic (exact) mass is 282 g/mol. The minimum absolute atomic E-state index is 0.00544. The molecule has 0 amide bonds. The molecular formula is C12H14N2O4S. The van der Waals surface area contributed by atoms with Gasteiger partial charge in [-0.25, -0.2) is 8.42 Å². The quantitative estimate of drug-likeness (QED) is 0.858. The summed E-state index contributed by atoms with van der Waals surface area (Å²) in [5.74, 6) is -0.782. The van der Waals surface area contributed by atoms with Gasteiger partial charge in [0.25, 0.3) is 10.0 Å². The average molecular weight is 282 g/mol. The number of aliphatic carboxylic acids is 1. The Kier molecular flexibility index (Phi) is 3.09. The molecule has 1 aromatic carbocycles. The van der Waals surface area contributed by atoms with Gasteiger partial charge in [-0.05, 0) is 26.0 Å². The van der Waals surface area contributed by atoms with E-state index in [-0.39, 0.29) is 17.3 Å². The van der Waals surface area contributed by atoms with E-state index in [1.54, 1.807) is 18.2 Å². The van der Waals surface area contributed by atoms with Gasteiger partial charge >= 0.3 is 5.97 Å². The van der Waals surface area contributed by atoms with Gasteiger partial charge in [0.2, 0.25) is 0 Å². The summed E-state index contributed by atoms with van der Waals surface area (Å²) in [5, 5.41) is 9.01. The number of carboxylic acid groups (broad SMARTS) is 1. The molecule has 0 radical (unpaired) electrons. The normalized spacial score (nSPS) is 18.9. The van der Waals surface area contributed by atoms with Crippen LogP contribution in [0.5, 0.6) is 0 Å². The summed E-state index contributed by atoms with van der Waals surface area (Å²) < 4.78 is 26.0. The summed E-state index contributed by atoms with van der Waals surface area (Å²) in [6, 6.07) is 6.46. The first-order chi connectivity index (χ1) is 8.74. The van der Waals surface area contributed by atoms with Crippen molar-refractivity contribution in [1.29, 1.82) is 0 Å². The predicted molar refractivity (Wildman–Crippen MR) is 69.6 cm³/mol. The van der Waals surface area contributed by atoms with Gasteiger partial charge in [-0.1, -0.05) is 12.1 Å². The fraction of sp³-hybridized carbons (Fsp3) is 0.333. The lowest BCUT2D eigenvalue weighted by molar-refractivity contribution is -0.146. The van der Waals surface area contributed by atoms with E-state index in [4.69, 9.17) is 5.11 Å². The van der Waals surface area contributed by atoms with Gasteiger partial charge in [0.1, 0.15) is 5.84 Å². The number of benzene rings is 1. The molecule has 6 nitrogen and oxygen atoms in total. The Morgan fingerprint density at radius 1 is 1.37 bits per heavy atom. The van der Waals surface area contributed by atoms with Crippen molar-refractivity contribution in [2.24, 2.45) is 10.4 Å². The van der Waals surface area contributed by atoms with Crippen LogP contribution in [0.2, 0.25) is 0 Å². The topological polar surface area (TPSA) is 95.8 Å². The molecule has 1 heterocycles. The van der Waals surface area contributed by atoms with Crippen molar-refractivity contribution in [2.45, 2.75) is 18.7 Å². The molecule has 0 bridgehead atoms. The first kappa shape index (κ1) is 13.5. The van der Waals surface area contributed by atoms with Crippen LogP contribution in [0.4, 0.5) is 0 Å². The van der Waals surface area contributed by atoms with Crippen molar-refractivity contribution in [3.8, 4) is 0 Å². The number of amidine groups is 1. The summed E-state index contributed by atoms with van der Waals surface area (Å²) >= 11 is 0. The van der Waals surface area contributed by atoms with E-state index in [2.05, 4.69) is 9.71 Å². The Morgan fingerprint density at radius 3 is 2.63 bits per heavy atom. The molecule has 0 aliphatic carbocycles. The minimum Gasteiger partial charge on any atom is -0.481 e. The standard InChI is InChI=1S/C12H14N2O4S/c1-12(2,11(15)16)7-13-10-8-5-3-4-6-9(8)19(17,18)14-10/h3-6H,7H2,1-2H3,(H,13,14)(H,15,16). The number of aliphatic imine (C=N–C) groups is 1. The number of nitrogens with one attached hydrogen (secondary N) is 1. The summed E-state index contributed by atoms with van der Waals surface area (Å²) in [6.07, 6.45) is 0. The number of sulfonamides is 1. The second kappa shape index (κ2) is 4.34. The molecule has 0 unspecified atom stereocenters. The Labute approximate surface area is 111 Å². The van der Waals surface area contributed by atoms with Crippen molar-refractivity contribution >= 4 is 21.8 Å². The first-order valence-electron chi connectivity index (χ1n) is 5.64. The summed E-state index contributed by atoms with van der Waals surface area (Å²) in [6.45, 7) is 3.07. The van der Waals surface area contributed by atoms with Crippen molar-refractivity contribution in [3.05, 3.63) is 29.8 Å². The number of rotatable bonds is 3. The maximum absolute atomic E-state index is 11.8. The van der Waals surface area contributed by atoms with Gasteiger partial charge in [0, 0.05) is 5.56 Å². The summed E-state index contributed by atoms with van der Waals surface area (Å²) in [5.41, 5.74) is -0.570. The summed E-state index contributed by atoms with van der Waals surface area (Å²) in [7, 11) is -3.57. The summed E-state index contributed by atoms with van der Waals surface area (Å²) in [4.78, 5) is 15.3.